The summed E-state index contributed by atoms with van der Waals surface area (Å²) in [6.45, 7) is 5.78. The molecule has 1 aromatic carbocycles. The summed E-state index contributed by atoms with van der Waals surface area (Å²) in [7, 11) is -3.66. The topological polar surface area (TPSA) is 54.4 Å². The van der Waals surface area contributed by atoms with E-state index in [1.807, 2.05) is 6.07 Å². The second kappa shape index (κ2) is 6.58. The van der Waals surface area contributed by atoms with Crippen molar-refractivity contribution in [3.8, 4) is 0 Å². The van der Waals surface area contributed by atoms with Crippen LogP contribution in [-0.4, -0.2) is 18.7 Å². The molecule has 0 heterocycles. The van der Waals surface area contributed by atoms with Gasteiger partial charge >= 0.3 is 0 Å². The lowest BCUT2D eigenvalue weighted by atomic mass is 10.0. The van der Waals surface area contributed by atoms with E-state index in [2.05, 4.69) is 38.1 Å². The van der Waals surface area contributed by atoms with Crippen LogP contribution < -0.4 is 0 Å². The third-order valence-corrected chi connectivity index (χ3v) is 2.56. The second-order valence-corrected chi connectivity index (χ2v) is 5.18. The summed E-state index contributed by atoms with van der Waals surface area (Å²) in [5.74, 6) is 0.457. The predicted molar refractivity (Wildman–Crippen MR) is 62.6 cm³/mol. The van der Waals surface area contributed by atoms with Gasteiger partial charge in [0, 0.05) is 0 Å². The number of hydrogen-bond acceptors (Lipinski definition) is 2. The number of benzene rings is 1. The molecule has 15 heavy (non-hydrogen) atoms. The lowest BCUT2D eigenvalue weighted by Gasteiger charge is -2.01. The van der Waals surface area contributed by atoms with Crippen molar-refractivity contribution < 1.29 is 13.0 Å². The second-order valence-electron chi connectivity index (χ2n) is 3.44. The van der Waals surface area contributed by atoms with Gasteiger partial charge in [-0.05, 0) is 18.4 Å². The quantitative estimate of drug-likeness (QED) is 0.795. The minimum atomic E-state index is -3.66. The Labute approximate surface area is 91.9 Å². The average Bonchev–Trinajstić information content (AvgIpc) is 2.19. The van der Waals surface area contributed by atoms with Gasteiger partial charge in [-0.3, -0.25) is 4.55 Å². The first-order chi connectivity index (χ1) is 6.87. The molecule has 1 rings (SSSR count). The summed E-state index contributed by atoms with van der Waals surface area (Å²) in [6.07, 6.45) is 0. The molecule has 0 saturated heterocycles. The summed E-state index contributed by atoms with van der Waals surface area (Å²) in [4.78, 5) is 0. The van der Waals surface area contributed by atoms with E-state index >= 15 is 0 Å². The van der Waals surface area contributed by atoms with Gasteiger partial charge < -0.3 is 0 Å². The lowest BCUT2D eigenvalue weighted by Crippen LogP contribution is -1.97. The summed E-state index contributed by atoms with van der Waals surface area (Å²) < 4.78 is 26.9. The molecule has 0 aromatic heterocycles. The van der Waals surface area contributed by atoms with E-state index < -0.39 is 10.1 Å². The highest BCUT2D eigenvalue weighted by atomic mass is 32.2. The smallest absolute Gasteiger partial charge is 0.264 e. The summed E-state index contributed by atoms with van der Waals surface area (Å²) in [5, 5.41) is 0. The van der Waals surface area contributed by atoms with Crippen molar-refractivity contribution in [2.45, 2.75) is 26.7 Å². The third kappa shape index (κ3) is 8.15. The van der Waals surface area contributed by atoms with Crippen molar-refractivity contribution >= 4 is 10.1 Å². The molecule has 0 fully saturated rings. The molecule has 1 N–H and O–H groups in total. The van der Waals surface area contributed by atoms with Gasteiger partial charge in [-0.2, -0.15) is 8.42 Å². The summed E-state index contributed by atoms with van der Waals surface area (Å²) in [5.41, 5.74) is 1.41. The molecule has 0 spiro atoms. The normalized spacial score (nSPS) is 10.7. The molecule has 0 atom stereocenters. The van der Waals surface area contributed by atoms with Crippen molar-refractivity contribution in [2.24, 2.45) is 0 Å². The van der Waals surface area contributed by atoms with E-state index in [-0.39, 0.29) is 5.75 Å². The number of hydrogen-bond donors (Lipinski definition) is 1. The van der Waals surface area contributed by atoms with Crippen LogP contribution in [0.3, 0.4) is 0 Å². The van der Waals surface area contributed by atoms with E-state index in [4.69, 9.17) is 4.55 Å². The molecule has 0 radical (unpaired) electrons. The minimum absolute atomic E-state index is 0.201. The molecule has 4 heteroatoms. The standard InChI is InChI=1S/C9H12.C2H6O3S/c1-8(2)9-6-4-3-5-7-9;1-2-6(3,4)5/h3-8H,1-2H3;2H2,1H3,(H,3,4,5). The van der Waals surface area contributed by atoms with Gasteiger partial charge in [-0.25, -0.2) is 0 Å². The minimum Gasteiger partial charge on any atom is -0.286 e. The Kier molecular flexibility index (Phi) is 6.20. The van der Waals surface area contributed by atoms with Gasteiger partial charge in [-0.15, -0.1) is 0 Å². The SMILES string of the molecule is CC(C)c1ccccc1.CCS(=O)(=O)O. The van der Waals surface area contributed by atoms with Crippen LogP contribution in [0.1, 0.15) is 32.3 Å². The highest BCUT2D eigenvalue weighted by Gasteiger charge is 1.94. The summed E-state index contributed by atoms with van der Waals surface area (Å²) in [6, 6.07) is 10.5. The van der Waals surface area contributed by atoms with Gasteiger partial charge in [0.15, 0.2) is 0 Å². The molecule has 1 aromatic rings. The third-order valence-electron chi connectivity index (χ3n) is 1.83. The Bertz CT molecular complexity index is 355. The van der Waals surface area contributed by atoms with Gasteiger partial charge in [0.05, 0.1) is 5.75 Å². The Morgan fingerprint density at radius 2 is 1.60 bits per heavy atom. The lowest BCUT2D eigenvalue weighted by molar-refractivity contribution is 0.484. The largest absolute Gasteiger partial charge is 0.286 e. The van der Waals surface area contributed by atoms with Gasteiger partial charge in [0.1, 0.15) is 0 Å². The molecule has 0 unspecified atom stereocenters. The Balaban J connectivity index is 0.000000288. The van der Waals surface area contributed by atoms with E-state index in [9.17, 15) is 8.42 Å². The van der Waals surface area contributed by atoms with Crippen molar-refractivity contribution in [3.05, 3.63) is 35.9 Å². The van der Waals surface area contributed by atoms with Gasteiger partial charge in [0.25, 0.3) is 10.1 Å². The Morgan fingerprint density at radius 3 is 1.80 bits per heavy atom. The zero-order valence-electron chi connectivity index (χ0n) is 9.34. The van der Waals surface area contributed by atoms with Crippen molar-refractivity contribution in [3.63, 3.8) is 0 Å². The molecule has 0 aliphatic carbocycles. The Hall–Kier alpha value is -0.870. The summed E-state index contributed by atoms with van der Waals surface area (Å²) >= 11 is 0. The van der Waals surface area contributed by atoms with Gasteiger partial charge in [-0.1, -0.05) is 44.2 Å². The monoisotopic (exact) mass is 230 g/mol. The maximum atomic E-state index is 9.56. The molecule has 3 nitrogen and oxygen atoms in total. The maximum absolute atomic E-state index is 9.56. The average molecular weight is 230 g/mol. The first-order valence-corrected chi connectivity index (χ1v) is 6.47. The molecule has 86 valence electrons. The first-order valence-electron chi connectivity index (χ1n) is 4.87. The van der Waals surface area contributed by atoms with Crippen LogP contribution in [0.25, 0.3) is 0 Å². The van der Waals surface area contributed by atoms with Crippen molar-refractivity contribution in [1.82, 2.24) is 0 Å². The first kappa shape index (κ1) is 14.1. The molecule has 0 aliphatic rings. The maximum Gasteiger partial charge on any atom is 0.264 e. The molecule has 0 saturated carbocycles. The fraction of sp³-hybridized carbons (Fsp3) is 0.455. The van der Waals surface area contributed by atoms with Crippen molar-refractivity contribution in [1.29, 1.82) is 0 Å². The Morgan fingerprint density at radius 1 is 1.20 bits per heavy atom. The van der Waals surface area contributed by atoms with Crippen LogP contribution in [0.2, 0.25) is 0 Å². The molecule has 0 bridgehead atoms. The van der Waals surface area contributed by atoms with Crippen LogP contribution >= 0.6 is 0 Å². The highest BCUT2D eigenvalue weighted by molar-refractivity contribution is 7.85. The van der Waals surface area contributed by atoms with Crippen LogP contribution in [0.4, 0.5) is 0 Å². The van der Waals surface area contributed by atoms with Crippen LogP contribution in [-0.2, 0) is 10.1 Å². The molecular weight excluding hydrogens is 212 g/mol. The molecular formula is C11H18O3S. The van der Waals surface area contributed by atoms with Crippen LogP contribution in [0.15, 0.2) is 30.3 Å². The number of rotatable bonds is 2. The molecule has 0 amide bonds. The predicted octanol–water partition coefficient (Wildman–Crippen LogP) is 2.70. The fourth-order valence-corrected chi connectivity index (χ4v) is 0.838. The van der Waals surface area contributed by atoms with Gasteiger partial charge in [0.2, 0.25) is 0 Å². The van der Waals surface area contributed by atoms with Crippen LogP contribution in [0, 0.1) is 0 Å². The fourth-order valence-electron chi connectivity index (χ4n) is 0.838. The van der Waals surface area contributed by atoms with E-state index in [0.29, 0.717) is 5.92 Å². The van der Waals surface area contributed by atoms with Crippen LogP contribution in [0.5, 0.6) is 0 Å². The zero-order chi connectivity index (χ0) is 11.9. The highest BCUT2D eigenvalue weighted by Crippen LogP contribution is 2.11. The zero-order valence-corrected chi connectivity index (χ0v) is 10.2. The van der Waals surface area contributed by atoms with E-state index in [0.717, 1.165) is 0 Å². The molecule has 0 aliphatic heterocycles. The van der Waals surface area contributed by atoms with E-state index in [1.165, 1.54) is 12.5 Å². The van der Waals surface area contributed by atoms with Crippen molar-refractivity contribution in [2.75, 3.05) is 5.75 Å². The van der Waals surface area contributed by atoms with E-state index in [1.54, 1.807) is 0 Å².